The number of ether oxygens (including phenoxy) is 3. The molecule has 0 radical (unpaired) electrons. The number of halogens is 3. The van der Waals surface area contributed by atoms with Gasteiger partial charge in [0.1, 0.15) is 11.1 Å². The SMILES string of the molecule is COc1c(Cl)c(Cl)cc(Cl)c1O[C@@H](c1ccccc1)[C@@H]1CNCCO1. The maximum absolute atomic E-state index is 6.35. The average Bonchev–Trinajstić information content (AvgIpc) is 2.65. The number of morpholine rings is 1. The van der Waals surface area contributed by atoms with Crippen molar-refractivity contribution in [3.8, 4) is 11.5 Å². The Morgan fingerprint density at radius 1 is 1.12 bits per heavy atom. The zero-order valence-electron chi connectivity index (χ0n) is 13.6. The predicted octanol–water partition coefficient (Wildman–Crippen LogP) is 4.76. The first kappa shape index (κ1) is 18.6. The fourth-order valence-electron chi connectivity index (χ4n) is 2.76. The van der Waals surface area contributed by atoms with Gasteiger partial charge in [0.2, 0.25) is 0 Å². The smallest absolute Gasteiger partial charge is 0.182 e. The van der Waals surface area contributed by atoms with Crippen LogP contribution in [0.2, 0.25) is 15.1 Å². The van der Waals surface area contributed by atoms with Gasteiger partial charge < -0.3 is 19.5 Å². The molecule has 0 saturated carbocycles. The lowest BCUT2D eigenvalue weighted by atomic mass is 10.0. The van der Waals surface area contributed by atoms with E-state index in [1.54, 1.807) is 6.07 Å². The maximum atomic E-state index is 6.35. The van der Waals surface area contributed by atoms with Crippen molar-refractivity contribution in [1.82, 2.24) is 5.32 Å². The molecule has 134 valence electrons. The first-order valence-electron chi connectivity index (χ1n) is 7.87. The number of nitrogens with one attached hydrogen (secondary N) is 1. The predicted molar refractivity (Wildman–Crippen MR) is 100 cm³/mol. The third-order valence-corrected chi connectivity index (χ3v) is 5.01. The number of hydrogen-bond donors (Lipinski definition) is 1. The Morgan fingerprint density at radius 3 is 2.52 bits per heavy atom. The maximum Gasteiger partial charge on any atom is 0.182 e. The van der Waals surface area contributed by atoms with E-state index in [-0.39, 0.29) is 17.2 Å². The lowest BCUT2D eigenvalue weighted by molar-refractivity contribution is -0.0437. The monoisotopic (exact) mass is 401 g/mol. The minimum absolute atomic E-state index is 0.175. The van der Waals surface area contributed by atoms with E-state index in [1.165, 1.54) is 7.11 Å². The van der Waals surface area contributed by atoms with Crippen molar-refractivity contribution in [2.24, 2.45) is 0 Å². The van der Waals surface area contributed by atoms with Gasteiger partial charge in [-0.1, -0.05) is 65.1 Å². The van der Waals surface area contributed by atoms with Gasteiger partial charge in [-0.15, -0.1) is 0 Å². The summed E-state index contributed by atoms with van der Waals surface area (Å²) in [5.41, 5.74) is 0.973. The zero-order valence-corrected chi connectivity index (χ0v) is 15.9. The van der Waals surface area contributed by atoms with Gasteiger partial charge in [0.05, 0.1) is 23.8 Å². The van der Waals surface area contributed by atoms with Crippen LogP contribution < -0.4 is 14.8 Å². The van der Waals surface area contributed by atoms with Gasteiger partial charge in [-0.25, -0.2) is 0 Å². The summed E-state index contributed by atoms with van der Waals surface area (Å²) in [4.78, 5) is 0. The van der Waals surface area contributed by atoms with Gasteiger partial charge >= 0.3 is 0 Å². The van der Waals surface area contributed by atoms with Crippen molar-refractivity contribution in [3.63, 3.8) is 0 Å². The standard InChI is InChI=1S/C18H18Cl3NO3/c1-23-18-15(21)12(19)9-13(20)17(18)25-16(11-5-3-2-4-6-11)14-10-22-7-8-24-14/h2-6,9,14,16,22H,7-8,10H2,1H3/t14-,16-/m0/s1. The van der Waals surface area contributed by atoms with Crippen LogP contribution in [0, 0.1) is 0 Å². The van der Waals surface area contributed by atoms with Crippen molar-refractivity contribution in [3.05, 3.63) is 57.0 Å². The van der Waals surface area contributed by atoms with Crippen LogP contribution in [0.25, 0.3) is 0 Å². The molecule has 2 aromatic rings. The Bertz CT molecular complexity index is 721. The van der Waals surface area contributed by atoms with Crippen LogP contribution in [0.5, 0.6) is 11.5 Å². The quantitative estimate of drug-likeness (QED) is 0.732. The summed E-state index contributed by atoms with van der Waals surface area (Å²) < 4.78 is 17.5. The number of methoxy groups -OCH3 is 1. The van der Waals surface area contributed by atoms with Crippen LogP contribution in [0.1, 0.15) is 11.7 Å². The Hall–Kier alpha value is -1.17. The molecule has 0 unspecified atom stereocenters. The van der Waals surface area contributed by atoms with Crippen LogP contribution in [-0.4, -0.2) is 32.9 Å². The Labute approximate surface area is 161 Å². The Kier molecular flexibility index (Phi) is 6.31. The topological polar surface area (TPSA) is 39.7 Å². The van der Waals surface area contributed by atoms with E-state index in [9.17, 15) is 0 Å². The summed E-state index contributed by atoms with van der Waals surface area (Å²) in [5, 5.41) is 4.22. The van der Waals surface area contributed by atoms with E-state index in [0.29, 0.717) is 34.7 Å². The summed E-state index contributed by atoms with van der Waals surface area (Å²) in [6, 6.07) is 11.4. The highest BCUT2D eigenvalue weighted by molar-refractivity contribution is 6.44. The molecule has 4 nitrogen and oxygen atoms in total. The van der Waals surface area contributed by atoms with Crippen LogP contribution in [0.4, 0.5) is 0 Å². The highest BCUT2D eigenvalue weighted by atomic mass is 35.5. The molecule has 1 fully saturated rings. The van der Waals surface area contributed by atoms with Crippen LogP contribution in [0.15, 0.2) is 36.4 Å². The van der Waals surface area contributed by atoms with E-state index in [2.05, 4.69) is 5.32 Å². The summed E-state index contributed by atoms with van der Waals surface area (Å²) in [7, 11) is 1.50. The lowest BCUT2D eigenvalue weighted by Crippen LogP contribution is -2.43. The van der Waals surface area contributed by atoms with Gasteiger partial charge in [0.25, 0.3) is 0 Å². The fourth-order valence-corrected chi connectivity index (χ4v) is 3.47. The molecule has 1 aliphatic heterocycles. The fraction of sp³-hybridized carbons (Fsp3) is 0.333. The van der Waals surface area contributed by atoms with E-state index < -0.39 is 0 Å². The van der Waals surface area contributed by atoms with E-state index in [0.717, 1.165) is 12.1 Å². The molecule has 0 bridgehead atoms. The highest BCUT2D eigenvalue weighted by Gasteiger charge is 2.30. The summed E-state index contributed by atoms with van der Waals surface area (Å²) in [6.07, 6.45) is -0.552. The Morgan fingerprint density at radius 2 is 1.88 bits per heavy atom. The normalized spacial score (nSPS) is 18.6. The molecule has 3 rings (SSSR count). The first-order chi connectivity index (χ1) is 12.1. The minimum atomic E-state index is -0.377. The van der Waals surface area contributed by atoms with Crippen molar-refractivity contribution in [1.29, 1.82) is 0 Å². The molecule has 2 atom stereocenters. The highest BCUT2D eigenvalue weighted by Crippen LogP contribution is 2.46. The number of hydrogen-bond acceptors (Lipinski definition) is 4. The van der Waals surface area contributed by atoms with Crippen molar-refractivity contribution >= 4 is 34.8 Å². The summed E-state index contributed by atoms with van der Waals surface area (Å²) in [5.74, 6) is 0.658. The second-order valence-electron chi connectivity index (χ2n) is 5.58. The van der Waals surface area contributed by atoms with Gasteiger partial charge in [0.15, 0.2) is 17.6 Å². The van der Waals surface area contributed by atoms with Crippen LogP contribution in [0.3, 0.4) is 0 Å². The molecule has 0 amide bonds. The number of benzene rings is 2. The molecule has 1 saturated heterocycles. The van der Waals surface area contributed by atoms with Crippen molar-refractivity contribution < 1.29 is 14.2 Å². The largest absolute Gasteiger partial charge is 0.491 e. The lowest BCUT2D eigenvalue weighted by Gasteiger charge is -2.32. The van der Waals surface area contributed by atoms with Crippen LogP contribution in [-0.2, 0) is 4.74 Å². The third kappa shape index (κ3) is 4.15. The van der Waals surface area contributed by atoms with Crippen molar-refractivity contribution in [2.45, 2.75) is 12.2 Å². The van der Waals surface area contributed by atoms with Crippen molar-refractivity contribution in [2.75, 3.05) is 26.8 Å². The molecular formula is C18H18Cl3NO3. The zero-order chi connectivity index (χ0) is 17.8. The molecule has 0 aliphatic carbocycles. The molecule has 7 heteroatoms. The summed E-state index contributed by atoms with van der Waals surface area (Å²) >= 11 is 18.7. The van der Waals surface area contributed by atoms with Gasteiger partial charge in [-0.2, -0.15) is 0 Å². The molecule has 0 aromatic heterocycles. The molecular weight excluding hydrogens is 385 g/mol. The second-order valence-corrected chi connectivity index (χ2v) is 6.77. The van der Waals surface area contributed by atoms with E-state index in [1.807, 2.05) is 30.3 Å². The molecule has 1 aliphatic rings. The molecule has 25 heavy (non-hydrogen) atoms. The summed E-state index contributed by atoms with van der Waals surface area (Å²) in [6.45, 7) is 2.10. The van der Waals surface area contributed by atoms with Gasteiger partial charge in [0, 0.05) is 13.1 Å². The molecule has 2 aromatic carbocycles. The minimum Gasteiger partial charge on any atom is -0.491 e. The third-order valence-electron chi connectivity index (χ3n) is 3.96. The second kappa shape index (κ2) is 8.47. The average molecular weight is 403 g/mol. The molecule has 0 spiro atoms. The molecule has 1 N–H and O–H groups in total. The molecule has 1 heterocycles. The van der Waals surface area contributed by atoms with E-state index in [4.69, 9.17) is 49.0 Å². The first-order valence-corrected chi connectivity index (χ1v) is 9.00. The van der Waals surface area contributed by atoms with Crippen LogP contribution >= 0.6 is 34.8 Å². The van der Waals surface area contributed by atoms with Gasteiger partial charge in [-0.05, 0) is 11.6 Å². The number of rotatable bonds is 5. The van der Waals surface area contributed by atoms with Gasteiger partial charge in [-0.3, -0.25) is 0 Å². The van der Waals surface area contributed by atoms with E-state index >= 15 is 0 Å². The Balaban J connectivity index is 2.00.